The molecule has 0 aliphatic carbocycles. The first-order valence-corrected chi connectivity index (χ1v) is 14.4. The van der Waals surface area contributed by atoms with Gasteiger partial charge in [-0.1, -0.05) is 98.8 Å². The molecule has 0 spiro atoms. The number of pyridine rings is 2. The van der Waals surface area contributed by atoms with Crippen molar-refractivity contribution < 1.29 is 0 Å². The van der Waals surface area contributed by atoms with Crippen LogP contribution in [-0.2, 0) is 5.41 Å². The summed E-state index contributed by atoms with van der Waals surface area (Å²) in [5.74, 6) is 0.991. The van der Waals surface area contributed by atoms with Crippen molar-refractivity contribution >= 4 is 38.7 Å². The highest BCUT2D eigenvalue weighted by Crippen LogP contribution is 2.52. The summed E-state index contributed by atoms with van der Waals surface area (Å²) in [6, 6.07) is 43.6. The fraction of sp³-hybridized carbons (Fsp3) is 0.0769. The molecule has 7 aromatic rings. The summed E-state index contributed by atoms with van der Waals surface area (Å²) in [5, 5.41) is 4.95. The van der Waals surface area contributed by atoms with Crippen molar-refractivity contribution in [3.05, 3.63) is 151 Å². The normalized spacial score (nSPS) is 13.6. The van der Waals surface area contributed by atoms with Gasteiger partial charge in [-0.3, -0.25) is 9.88 Å². The highest BCUT2D eigenvalue weighted by Gasteiger charge is 2.38. The van der Waals surface area contributed by atoms with Crippen molar-refractivity contribution in [2.45, 2.75) is 19.3 Å². The number of para-hydroxylation sites is 1. The fourth-order valence-corrected chi connectivity index (χ4v) is 6.81. The number of benzene rings is 5. The minimum Gasteiger partial charge on any atom is -0.294 e. The lowest BCUT2D eigenvalue weighted by molar-refractivity contribution is 0.628. The van der Waals surface area contributed by atoms with Gasteiger partial charge >= 0.3 is 0 Å². The zero-order chi connectivity index (χ0) is 28.3. The van der Waals surface area contributed by atoms with Gasteiger partial charge in [-0.25, -0.2) is 4.98 Å². The molecule has 0 radical (unpaired) electrons. The topological polar surface area (TPSA) is 29.0 Å². The van der Waals surface area contributed by atoms with Crippen LogP contribution in [0.15, 0.2) is 140 Å². The van der Waals surface area contributed by atoms with Gasteiger partial charge in [-0.2, -0.15) is 0 Å². The molecule has 0 N–H and O–H groups in total. The molecule has 2 aromatic heterocycles. The van der Waals surface area contributed by atoms with Crippen LogP contribution in [0.3, 0.4) is 0 Å². The van der Waals surface area contributed by atoms with Crippen LogP contribution in [0.5, 0.6) is 0 Å². The number of anilines is 3. The second-order valence-corrected chi connectivity index (χ2v) is 11.5. The Hall–Kier alpha value is -5.28. The predicted molar refractivity (Wildman–Crippen MR) is 175 cm³/mol. The smallest absolute Gasteiger partial charge is 0.141 e. The van der Waals surface area contributed by atoms with Gasteiger partial charge in [0.25, 0.3) is 0 Å². The van der Waals surface area contributed by atoms with Crippen LogP contribution < -0.4 is 4.90 Å². The fourth-order valence-electron chi connectivity index (χ4n) is 6.81. The Kier molecular flexibility index (Phi) is 5.48. The Labute approximate surface area is 245 Å². The van der Waals surface area contributed by atoms with Gasteiger partial charge in [0.2, 0.25) is 0 Å². The maximum Gasteiger partial charge on any atom is 0.141 e. The van der Waals surface area contributed by atoms with Crippen LogP contribution in [0.2, 0.25) is 0 Å². The van der Waals surface area contributed by atoms with Gasteiger partial charge < -0.3 is 0 Å². The van der Waals surface area contributed by atoms with E-state index in [1.54, 1.807) is 0 Å². The van der Waals surface area contributed by atoms with Crippen LogP contribution in [0.4, 0.5) is 17.2 Å². The second kappa shape index (κ2) is 9.39. The molecule has 0 amide bonds. The van der Waals surface area contributed by atoms with Gasteiger partial charge in [0.1, 0.15) is 5.82 Å². The van der Waals surface area contributed by atoms with Crippen molar-refractivity contribution in [3.8, 4) is 22.3 Å². The Balaban J connectivity index is 1.43. The maximum atomic E-state index is 4.89. The van der Waals surface area contributed by atoms with E-state index in [9.17, 15) is 0 Å². The SMILES string of the molecule is CC1(C)c2cc(-c3c4ccccc4c(-c4cccnc4)c4ccccc34)ccc2N(c2ccccc2)c2ncccc21. The lowest BCUT2D eigenvalue weighted by atomic mass is 9.73. The van der Waals surface area contributed by atoms with E-state index in [2.05, 4.69) is 139 Å². The minimum atomic E-state index is -0.235. The Bertz CT molecular complexity index is 2060. The van der Waals surface area contributed by atoms with Gasteiger partial charge in [0.05, 0.1) is 5.69 Å². The third-order valence-corrected chi connectivity index (χ3v) is 8.77. The Morgan fingerprint density at radius 1 is 0.548 bits per heavy atom. The van der Waals surface area contributed by atoms with E-state index in [-0.39, 0.29) is 5.41 Å². The summed E-state index contributed by atoms with van der Waals surface area (Å²) in [5.41, 5.74) is 9.39. The molecule has 42 heavy (non-hydrogen) atoms. The van der Waals surface area contributed by atoms with Crippen LogP contribution in [0.25, 0.3) is 43.8 Å². The largest absolute Gasteiger partial charge is 0.294 e. The van der Waals surface area contributed by atoms with E-state index in [0.717, 1.165) is 17.1 Å². The summed E-state index contributed by atoms with van der Waals surface area (Å²) in [6.45, 7) is 4.64. The number of nitrogens with zero attached hydrogens (tertiary/aromatic N) is 3. The molecular formula is C39H29N3. The van der Waals surface area contributed by atoms with E-state index >= 15 is 0 Å². The first kappa shape index (κ1) is 24.5. The molecule has 3 heteroatoms. The molecule has 200 valence electrons. The number of aromatic nitrogens is 2. The first-order valence-electron chi connectivity index (χ1n) is 14.4. The zero-order valence-electron chi connectivity index (χ0n) is 23.6. The standard InChI is InChI=1S/C39H29N3/c1-39(2)33-19-11-23-41-38(33)42(28-13-4-3-5-14-28)35-21-20-26(24-34(35)39)36-29-15-6-8-17-31(29)37(27-12-10-22-40-25-27)32-18-9-7-16-30(32)36/h3-25H,1-2H3. The zero-order valence-corrected chi connectivity index (χ0v) is 23.6. The Morgan fingerprint density at radius 2 is 1.17 bits per heavy atom. The molecule has 3 heterocycles. The van der Waals surface area contributed by atoms with Crippen LogP contribution >= 0.6 is 0 Å². The minimum absolute atomic E-state index is 0.235. The van der Waals surface area contributed by atoms with E-state index in [1.807, 2.05) is 24.7 Å². The molecule has 0 unspecified atom stereocenters. The van der Waals surface area contributed by atoms with Crippen molar-refractivity contribution in [1.82, 2.24) is 9.97 Å². The quantitative estimate of drug-likeness (QED) is 0.209. The monoisotopic (exact) mass is 539 g/mol. The lowest BCUT2D eigenvalue weighted by Crippen LogP contribution is -2.31. The second-order valence-electron chi connectivity index (χ2n) is 11.5. The van der Waals surface area contributed by atoms with E-state index < -0.39 is 0 Å². The first-order chi connectivity index (χ1) is 20.6. The number of fused-ring (bicyclic) bond motifs is 4. The van der Waals surface area contributed by atoms with Crippen molar-refractivity contribution in [3.63, 3.8) is 0 Å². The van der Waals surface area contributed by atoms with Gasteiger partial charge in [0, 0.05) is 40.8 Å². The molecule has 5 aromatic carbocycles. The molecule has 1 aliphatic heterocycles. The molecule has 1 aliphatic rings. The van der Waals surface area contributed by atoms with Gasteiger partial charge in [-0.05, 0) is 80.2 Å². The molecule has 0 fully saturated rings. The predicted octanol–water partition coefficient (Wildman–Crippen LogP) is 10.2. The Morgan fingerprint density at radius 3 is 1.81 bits per heavy atom. The van der Waals surface area contributed by atoms with Gasteiger partial charge in [0.15, 0.2) is 0 Å². The van der Waals surface area contributed by atoms with Crippen molar-refractivity contribution in [1.29, 1.82) is 0 Å². The molecular weight excluding hydrogens is 510 g/mol. The summed E-state index contributed by atoms with van der Waals surface area (Å²) in [7, 11) is 0. The molecule has 0 bridgehead atoms. The van der Waals surface area contributed by atoms with E-state index in [4.69, 9.17) is 4.98 Å². The van der Waals surface area contributed by atoms with E-state index in [1.165, 1.54) is 55.0 Å². The third-order valence-electron chi connectivity index (χ3n) is 8.77. The third kappa shape index (κ3) is 3.60. The highest BCUT2D eigenvalue weighted by molar-refractivity contribution is 6.21. The van der Waals surface area contributed by atoms with Crippen LogP contribution in [0, 0.1) is 0 Å². The van der Waals surface area contributed by atoms with Crippen molar-refractivity contribution in [2.24, 2.45) is 0 Å². The number of hydrogen-bond donors (Lipinski definition) is 0. The molecule has 8 rings (SSSR count). The lowest BCUT2D eigenvalue weighted by Gasteiger charge is -2.41. The highest BCUT2D eigenvalue weighted by atomic mass is 15.2. The summed E-state index contributed by atoms with van der Waals surface area (Å²) in [6.07, 6.45) is 5.70. The molecule has 0 saturated carbocycles. The summed E-state index contributed by atoms with van der Waals surface area (Å²) < 4.78 is 0. The summed E-state index contributed by atoms with van der Waals surface area (Å²) in [4.78, 5) is 11.7. The maximum absolute atomic E-state index is 4.89. The average Bonchev–Trinajstić information content (AvgIpc) is 3.04. The summed E-state index contributed by atoms with van der Waals surface area (Å²) >= 11 is 0. The van der Waals surface area contributed by atoms with Crippen LogP contribution in [-0.4, -0.2) is 9.97 Å². The van der Waals surface area contributed by atoms with Gasteiger partial charge in [-0.15, -0.1) is 0 Å². The van der Waals surface area contributed by atoms with Crippen molar-refractivity contribution in [2.75, 3.05) is 4.90 Å². The average molecular weight is 540 g/mol. The van der Waals surface area contributed by atoms with Crippen LogP contribution in [0.1, 0.15) is 25.0 Å². The molecule has 3 nitrogen and oxygen atoms in total. The molecule has 0 atom stereocenters. The number of rotatable bonds is 3. The number of hydrogen-bond acceptors (Lipinski definition) is 3. The van der Waals surface area contributed by atoms with E-state index in [0.29, 0.717) is 0 Å². The molecule has 0 saturated heterocycles.